The van der Waals surface area contributed by atoms with Crippen molar-refractivity contribution < 1.29 is 19.8 Å². The van der Waals surface area contributed by atoms with E-state index in [4.69, 9.17) is 11.5 Å². The van der Waals surface area contributed by atoms with Crippen LogP contribution in [0.15, 0.2) is 34.0 Å². The molecule has 0 saturated heterocycles. The molecule has 12 nitrogen and oxygen atoms in total. The number of rotatable bonds is 6. The number of carboxylic acid groups (broad SMARTS) is 2. The summed E-state index contributed by atoms with van der Waals surface area (Å²) in [7, 11) is 0. The molecule has 4 aromatic rings. The fraction of sp³-hybridized carbons (Fsp3) is 0.562. The first kappa shape index (κ1) is 34.1. The van der Waals surface area contributed by atoms with Gasteiger partial charge in [-0.15, -0.1) is 0 Å². The Kier molecular flexibility index (Phi) is 8.72. The monoisotopic (exact) mass is 760 g/mol. The lowest BCUT2D eigenvalue weighted by Crippen LogP contribution is -2.36. The van der Waals surface area contributed by atoms with Crippen molar-refractivity contribution in [3.05, 3.63) is 45.6 Å². The van der Waals surface area contributed by atoms with Crippen LogP contribution in [-0.2, 0) is 20.4 Å². The van der Waals surface area contributed by atoms with Crippen LogP contribution < -0.4 is 11.5 Å². The van der Waals surface area contributed by atoms with E-state index in [9.17, 15) is 19.8 Å². The van der Waals surface area contributed by atoms with Crippen molar-refractivity contribution in [1.29, 1.82) is 0 Å². The standard InChI is InChI=1S/2C16H21BrN4O2/c2*1-9(2)16(14(22)23)5-4-15(3,8-16)13-20-11(17)10-12(18)19-6-7-21(10)13/h2*6-7,9H,4-5,8H2,1-3H3,(H2,18,19)(H,22,23). The Morgan fingerprint density at radius 1 is 0.739 bits per heavy atom. The van der Waals surface area contributed by atoms with Crippen LogP contribution in [0.1, 0.15) is 91.7 Å². The smallest absolute Gasteiger partial charge is 0.309 e. The molecule has 4 atom stereocenters. The number of carbonyl (C=O) groups is 2. The van der Waals surface area contributed by atoms with Crippen LogP contribution >= 0.6 is 31.9 Å². The molecule has 0 radical (unpaired) electrons. The number of nitrogen functional groups attached to an aromatic ring is 2. The minimum Gasteiger partial charge on any atom is -0.481 e. The highest BCUT2D eigenvalue weighted by atomic mass is 79.9. The van der Waals surface area contributed by atoms with E-state index < -0.39 is 22.8 Å². The summed E-state index contributed by atoms with van der Waals surface area (Å²) >= 11 is 6.92. The van der Waals surface area contributed by atoms with Gasteiger partial charge in [0.25, 0.3) is 0 Å². The van der Waals surface area contributed by atoms with Gasteiger partial charge >= 0.3 is 11.9 Å². The number of nitrogens with zero attached hydrogens (tertiary/aromatic N) is 6. The quantitative estimate of drug-likeness (QED) is 0.169. The zero-order valence-electron chi connectivity index (χ0n) is 27.0. The molecule has 0 spiro atoms. The Hall–Kier alpha value is -3.26. The highest BCUT2D eigenvalue weighted by Crippen LogP contribution is 2.56. The second-order valence-corrected chi connectivity index (χ2v) is 15.7. The molecular weight excluding hydrogens is 720 g/mol. The molecule has 4 heterocycles. The van der Waals surface area contributed by atoms with Gasteiger partial charge in [0.2, 0.25) is 0 Å². The van der Waals surface area contributed by atoms with E-state index in [0.717, 1.165) is 35.5 Å². The average molecular weight is 763 g/mol. The molecule has 2 aliphatic carbocycles. The summed E-state index contributed by atoms with van der Waals surface area (Å²) < 4.78 is 5.17. The van der Waals surface area contributed by atoms with Gasteiger partial charge in [0.1, 0.15) is 31.9 Å². The summed E-state index contributed by atoms with van der Waals surface area (Å²) in [6, 6.07) is 0. The molecule has 0 bridgehead atoms. The normalized spacial score (nSPS) is 27.9. The summed E-state index contributed by atoms with van der Waals surface area (Å²) in [4.78, 5) is 41.4. The molecule has 14 heteroatoms. The third-order valence-corrected chi connectivity index (χ3v) is 12.0. The van der Waals surface area contributed by atoms with Crippen LogP contribution in [0, 0.1) is 22.7 Å². The molecule has 6 N–H and O–H groups in total. The number of halogens is 2. The number of aromatic nitrogens is 6. The topological polar surface area (TPSA) is 187 Å². The number of aliphatic carboxylic acids is 2. The van der Waals surface area contributed by atoms with Gasteiger partial charge in [0, 0.05) is 35.6 Å². The minimum atomic E-state index is -0.711. The second-order valence-electron chi connectivity index (χ2n) is 14.2. The SMILES string of the molecule is CC(C)C1(C(=O)O)CCC(C)(c2nc(Br)c3c(N)nccn23)C1.CC(C)C1(C(=O)O)CCC(C)(c2nc(Br)c3c(N)nccn23)C1. The van der Waals surface area contributed by atoms with E-state index in [1.165, 1.54) is 0 Å². The Morgan fingerprint density at radius 2 is 1.09 bits per heavy atom. The molecule has 0 aromatic carbocycles. The van der Waals surface area contributed by atoms with E-state index in [2.05, 4.69) is 65.6 Å². The van der Waals surface area contributed by atoms with E-state index in [-0.39, 0.29) is 22.7 Å². The lowest BCUT2D eigenvalue weighted by atomic mass is 9.73. The third-order valence-electron chi connectivity index (χ3n) is 10.9. The first-order chi connectivity index (χ1) is 21.4. The first-order valence-corrected chi connectivity index (χ1v) is 17.0. The molecular formula is C32H42Br2N8O4. The molecule has 4 unspecified atom stereocenters. The average Bonchev–Trinajstić information content (AvgIpc) is 3.73. The predicted molar refractivity (Wildman–Crippen MR) is 182 cm³/mol. The van der Waals surface area contributed by atoms with E-state index >= 15 is 0 Å². The second kappa shape index (κ2) is 11.8. The van der Waals surface area contributed by atoms with Crippen LogP contribution in [0.4, 0.5) is 11.6 Å². The molecule has 4 aromatic heterocycles. The van der Waals surface area contributed by atoms with Gasteiger partial charge in [0.05, 0.1) is 10.8 Å². The maximum Gasteiger partial charge on any atom is 0.309 e. The molecule has 248 valence electrons. The maximum absolute atomic E-state index is 11.9. The van der Waals surface area contributed by atoms with Crippen LogP contribution in [0.2, 0.25) is 0 Å². The summed E-state index contributed by atoms with van der Waals surface area (Å²) in [5.41, 5.74) is 11.4. The van der Waals surface area contributed by atoms with Crippen molar-refractivity contribution >= 4 is 66.5 Å². The lowest BCUT2D eigenvalue weighted by molar-refractivity contribution is -0.152. The number of fused-ring (bicyclic) bond motifs is 2. The maximum atomic E-state index is 11.9. The fourth-order valence-electron chi connectivity index (χ4n) is 7.86. The van der Waals surface area contributed by atoms with Gasteiger partial charge in [-0.25, -0.2) is 19.9 Å². The van der Waals surface area contributed by atoms with Crippen molar-refractivity contribution in [3.63, 3.8) is 0 Å². The van der Waals surface area contributed by atoms with Gasteiger partial charge in [-0.1, -0.05) is 41.5 Å². The van der Waals surface area contributed by atoms with Crippen LogP contribution in [-0.4, -0.2) is 50.9 Å². The van der Waals surface area contributed by atoms with Crippen LogP contribution in [0.3, 0.4) is 0 Å². The third kappa shape index (κ3) is 5.25. The Labute approximate surface area is 284 Å². The number of hydrogen-bond donors (Lipinski definition) is 4. The highest BCUT2D eigenvalue weighted by Gasteiger charge is 2.55. The minimum absolute atomic E-state index is 0.0724. The molecule has 2 aliphatic rings. The van der Waals surface area contributed by atoms with Gasteiger partial charge in [0.15, 0.2) is 11.6 Å². The Morgan fingerprint density at radius 3 is 1.37 bits per heavy atom. The zero-order chi connectivity index (χ0) is 34.0. The highest BCUT2D eigenvalue weighted by molar-refractivity contribution is 9.10. The lowest BCUT2D eigenvalue weighted by Gasteiger charge is -2.31. The van der Waals surface area contributed by atoms with Gasteiger partial charge in [-0.2, -0.15) is 0 Å². The van der Waals surface area contributed by atoms with Crippen molar-refractivity contribution in [2.75, 3.05) is 11.5 Å². The van der Waals surface area contributed by atoms with Gasteiger partial charge < -0.3 is 21.7 Å². The molecule has 46 heavy (non-hydrogen) atoms. The summed E-state index contributed by atoms with van der Waals surface area (Å²) in [6.45, 7) is 12.1. The molecule has 2 fully saturated rings. The van der Waals surface area contributed by atoms with Crippen molar-refractivity contribution in [3.8, 4) is 0 Å². The molecule has 0 amide bonds. The molecule has 2 saturated carbocycles. The predicted octanol–water partition coefficient (Wildman–Crippen LogP) is 6.49. The van der Waals surface area contributed by atoms with E-state index in [1.54, 1.807) is 12.4 Å². The van der Waals surface area contributed by atoms with Crippen LogP contribution in [0.5, 0.6) is 0 Å². The number of anilines is 2. The van der Waals surface area contributed by atoms with E-state index in [1.807, 2.05) is 48.9 Å². The number of carboxylic acids is 2. The Bertz CT molecular complexity index is 1710. The van der Waals surface area contributed by atoms with Crippen molar-refractivity contribution in [1.82, 2.24) is 28.7 Å². The van der Waals surface area contributed by atoms with Crippen LogP contribution in [0.25, 0.3) is 11.0 Å². The van der Waals surface area contributed by atoms with E-state index in [0.29, 0.717) is 46.5 Å². The summed E-state index contributed by atoms with van der Waals surface area (Å²) in [5, 5.41) is 19.6. The van der Waals surface area contributed by atoms with Gasteiger partial charge in [-0.3, -0.25) is 18.4 Å². The number of hydrogen-bond acceptors (Lipinski definition) is 8. The molecule has 0 aliphatic heterocycles. The zero-order valence-corrected chi connectivity index (χ0v) is 30.2. The number of nitrogens with two attached hydrogens (primary N) is 2. The number of imidazole rings is 2. The Balaban J connectivity index is 0.000000181. The summed E-state index contributed by atoms with van der Waals surface area (Å²) in [6.07, 6.45) is 11.0. The molecule has 6 rings (SSSR count). The van der Waals surface area contributed by atoms with Crippen molar-refractivity contribution in [2.45, 2.75) is 90.9 Å². The van der Waals surface area contributed by atoms with Crippen molar-refractivity contribution in [2.24, 2.45) is 22.7 Å². The fourth-order valence-corrected chi connectivity index (χ4v) is 8.99. The van der Waals surface area contributed by atoms with Gasteiger partial charge in [-0.05, 0) is 82.2 Å². The first-order valence-electron chi connectivity index (χ1n) is 15.5. The largest absolute Gasteiger partial charge is 0.481 e. The summed E-state index contributed by atoms with van der Waals surface area (Å²) in [5.74, 6) is 1.23.